The minimum Gasteiger partial charge on any atom is -0.460 e. The van der Waals surface area contributed by atoms with Gasteiger partial charge in [0, 0.05) is 57.3 Å². The lowest BCUT2D eigenvalue weighted by Crippen LogP contribution is -2.61. The summed E-state index contributed by atoms with van der Waals surface area (Å²) in [5.41, 5.74) is 1.16. The first kappa shape index (κ1) is 67.9. The molecule has 19 heteroatoms. The molecule has 1 saturated carbocycles. The van der Waals surface area contributed by atoms with Gasteiger partial charge in [-0.2, -0.15) is 0 Å². The number of aliphatic hydroxyl groups is 5. The predicted octanol–water partition coefficient (Wildman–Crippen LogP) is 5.20. The van der Waals surface area contributed by atoms with Gasteiger partial charge in [-0.3, -0.25) is 19.2 Å². The third-order valence-electron chi connectivity index (χ3n) is 16.3. The van der Waals surface area contributed by atoms with E-state index in [2.05, 4.69) is 0 Å². The molecule has 3 fully saturated rings. The number of rotatable bonds is 19. The second kappa shape index (κ2) is 34.8. The van der Waals surface area contributed by atoms with Crippen molar-refractivity contribution in [1.82, 2.24) is 4.90 Å². The molecule has 2 bridgehead atoms. The number of hydrogen-bond donors (Lipinski definition) is 5. The Morgan fingerprint density at radius 1 is 0.785 bits per heavy atom. The highest BCUT2D eigenvalue weighted by Gasteiger charge is 2.53. The van der Waals surface area contributed by atoms with Gasteiger partial charge >= 0.3 is 5.97 Å². The number of aliphatic hydroxyl groups excluding tert-OH is 4. The molecule has 79 heavy (non-hydrogen) atoms. The van der Waals surface area contributed by atoms with Gasteiger partial charge in [-0.25, -0.2) is 4.79 Å². The van der Waals surface area contributed by atoms with Crippen LogP contribution in [0, 0.1) is 41.4 Å². The number of allylic oxidation sites excluding steroid dienone is 6. The summed E-state index contributed by atoms with van der Waals surface area (Å²) in [6.07, 6.45) is 10.1. The summed E-state index contributed by atoms with van der Waals surface area (Å²) < 4.78 is 47.2. The van der Waals surface area contributed by atoms with E-state index in [0.717, 1.165) is 5.57 Å². The number of esters is 1. The SMILES string of the molecule is CO[C@@H]1C[C@H](C[C@@H](C)[C@@H]2CC(=O)[C@H](C)/C=C(\C)[C@@H](O)[C@@H](OC)C(=O)[C@H](C)C[C@H](C)/C=C/C=C/C=C(\C)C(OCCOCC(COCCO)COCCO)C[C@@H]3CC[C@@H](C)[C@@](O)(O3)C(=O)C(=O)N3CCCC[C@H]3C(=O)O2)CC[C@H]1O. The number of nitrogens with zero attached hydrogens (tertiary/aromatic N) is 1. The van der Waals surface area contributed by atoms with E-state index in [4.69, 9.17) is 37.9 Å². The van der Waals surface area contributed by atoms with Gasteiger partial charge in [0.1, 0.15) is 30.1 Å². The topological polar surface area (TPSA) is 264 Å². The lowest BCUT2D eigenvalue weighted by atomic mass is 9.78. The Morgan fingerprint density at radius 3 is 2.13 bits per heavy atom. The van der Waals surface area contributed by atoms with Gasteiger partial charge < -0.3 is 68.3 Å². The van der Waals surface area contributed by atoms with Crippen LogP contribution >= 0.6 is 0 Å². The van der Waals surface area contributed by atoms with Gasteiger partial charge in [0.2, 0.25) is 5.79 Å². The first-order chi connectivity index (χ1) is 37.7. The zero-order valence-corrected chi connectivity index (χ0v) is 48.7. The fraction of sp³-hybridized carbons (Fsp3) is 0.783. The van der Waals surface area contributed by atoms with Crippen LogP contribution in [0.15, 0.2) is 47.6 Å². The summed E-state index contributed by atoms with van der Waals surface area (Å²) in [4.78, 5) is 72.9. The summed E-state index contributed by atoms with van der Waals surface area (Å²) in [5.74, 6) is -8.67. The first-order valence-electron chi connectivity index (χ1n) is 28.9. The molecule has 0 aromatic heterocycles. The van der Waals surface area contributed by atoms with Crippen LogP contribution < -0.4 is 0 Å². The van der Waals surface area contributed by atoms with Crippen molar-refractivity contribution >= 4 is 29.2 Å². The first-order valence-corrected chi connectivity index (χ1v) is 28.9. The monoisotopic (exact) mass is 1120 g/mol. The van der Waals surface area contributed by atoms with Crippen molar-refractivity contribution in [3.63, 3.8) is 0 Å². The van der Waals surface area contributed by atoms with Crippen LogP contribution in [0.2, 0.25) is 0 Å². The average Bonchev–Trinajstić information content (AvgIpc) is 3.47. The summed E-state index contributed by atoms with van der Waals surface area (Å²) in [6, 6.07) is -1.19. The summed E-state index contributed by atoms with van der Waals surface area (Å²) >= 11 is 0. The standard InChI is InChI=1S/C60H97NO18/c1-38-15-11-10-12-16-39(2)51(77-28-27-76-37-46(35-74-25-23-62)36-75-26-24-63)33-47-20-18-44(7)60(71,79-47)57(68)58(69)61-22-14-13-17-48(61)59(70)78-52(41(4)31-45-19-21-49(64)53(32-45)72-8)34-50(65)40(3)30-43(6)55(67)56(73-9)54(66)42(5)29-38/h10-12,15-16,30,38,40-42,44-49,51-53,55-56,62-64,67,71H,13-14,17-29,31-37H2,1-9H3/b12-10+,15-11+,39-16+,43-30+/t38-,40-,41-,42-,44-,45+,47+,48+,49-,51?,52+,53-,55-,56+,60-/m1/s1. The molecule has 4 rings (SSSR count). The van der Waals surface area contributed by atoms with Gasteiger partial charge in [-0.05, 0) is 107 Å². The van der Waals surface area contributed by atoms with Crippen LogP contribution in [0.25, 0.3) is 0 Å². The van der Waals surface area contributed by atoms with E-state index in [1.807, 2.05) is 51.2 Å². The average molecular weight is 1120 g/mol. The number of carbonyl (C=O) groups is 5. The van der Waals surface area contributed by atoms with E-state index in [9.17, 15) is 49.5 Å². The summed E-state index contributed by atoms with van der Waals surface area (Å²) in [5, 5.41) is 52.7. The van der Waals surface area contributed by atoms with Gasteiger partial charge in [0.15, 0.2) is 5.78 Å². The molecule has 2 saturated heterocycles. The number of Topliss-reactive ketones (excluding diaryl/α,β-unsaturated/α-hetero) is 3. The van der Waals surface area contributed by atoms with Crippen molar-refractivity contribution in [2.45, 2.75) is 180 Å². The van der Waals surface area contributed by atoms with Crippen molar-refractivity contribution in [3.8, 4) is 0 Å². The second-order valence-corrected chi connectivity index (χ2v) is 22.8. The molecule has 0 spiro atoms. The number of ketones is 3. The van der Waals surface area contributed by atoms with Gasteiger partial charge in [0.25, 0.3) is 11.7 Å². The summed E-state index contributed by atoms with van der Waals surface area (Å²) in [7, 11) is 2.93. The molecule has 1 aliphatic carbocycles. The van der Waals surface area contributed by atoms with Crippen molar-refractivity contribution in [2.75, 3.05) is 80.2 Å². The number of hydrogen-bond acceptors (Lipinski definition) is 18. The molecular weight excluding hydrogens is 1020 g/mol. The van der Waals surface area contributed by atoms with E-state index in [1.54, 1.807) is 40.9 Å². The maximum Gasteiger partial charge on any atom is 0.329 e. The van der Waals surface area contributed by atoms with Crippen LogP contribution in [0.3, 0.4) is 0 Å². The number of ether oxygens (including phenoxy) is 8. The van der Waals surface area contributed by atoms with E-state index in [-0.39, 0.29) is 127 Å². The largest absolute Gasteiger partial charge is 0.460 e. The molecule has 0 radical (unpaired) electrons. The van der Waals surface area contributed by atoms with Crippen LogP contribution in [0.5, 0.6) is 0 Å². The number of piperidine rings is 1. The quantitative estimate of drug-likeness (QED) is 0.0482. The molecule has 0 aromatic carbocycles. The van der Waals surface area contributed by atoms with Crippen molar-refractivity contribution in [1.29, 1.82) is 0 Å². The third kappa shape index (κ3) is 21.0. The van der Waals surface area contributed by atoms with Crippen LogP contribution in [-0.2, 0) is 61.9 Å². The number of carbonyl (C=O) groups excluding carboxylic acids is 5. The van der Waals surface area contributed by atoms with Crippen LogP contribution in [0.4, 0.5) is 0 Å². The van der Waals surface area contributed by atoms with Gasteiger partial charge in [0.05, 0.1) is 83.9 Å². The van der Waals surface area contributed by atoms with Crippen LogP contribution in [-0.4, -0.2) is 194 Å². The zero-order valence-electron chi connectivity index (χ0n) is 48.7. The number of methoxy groups -OCH3 is 2. The zero-order chi connectivity index (χ0) is 58.2. The number of fused-ring (bicyclic) bond motifs is 3. The molecule has 1 unspecified atom stereocenters. The second-order valence-electron chi connectivity index (χ2n) is 22.8. The molecule has 19 nitrogen and oxygen atoms in total. The Kier molecular flexibility index (Phi) is 29.9. The molecule has 3 aliphatic heterocycles. The smallest absolute Gasteiger partial charge is 0.329 e. The Morgan fingerprint density at radius 2 is 1.47 bits per heavy atom. The molecular formula is C60H97NO18. The van der Waals surface area contributed by atoms with Gasteiger partial charge in [-0.1, -0.05) is 71.1 Å². The fourth-order valence-electron chi connectivity index (χ4n) is 11.3. The summed E-state index contributed by atoms with van der Waals surface area (Å²) in [6.45, 7) is 13.8. The highest BCUT2D eigenvalue weighted by atomic mass is 16.6. The Bertz CT molecular complexity index is 2010. The highest BCUT2D eigenvalue weighted by Crippen LogP contribution is 2.38. The van der Waals surface area contributed by atoms with Crippen LogP contribution in [0.1, 0.15) is 126 Å². The normalized spacial score (nSPS) is 35.5. The van der Waals surface area contributed by atoms with E-state index >= 15 is 0 Å². The van der Waals surface area contributed by atoms with E-state index in [1.165, 1.54) is 12.0 Å². The fourth-order valence-corrected chi connectivity index (χ4v) is 11.3. The van der Waals surface area contributed by atoms with Crippen molar-refractivity contribution in [3.05, 3.63) is 47.6 Å². The van der Waals surface area contributed by atoms with E-state index < -0.39 is 83.9 Å². The minimum atomic E-state index is -2.52. The molecule has 1 amide bonds. The van der Waals surface area contributed by atoms with Crippen molar-refractivity contribution < 1.29 is 87.4 Å². The molecule has 5 N–H and O–H groups in total. The number of cyclic esters (lactones) is 1. The maximum atomic E-state index is 14.6. The molecule has 4 aliphatic rings. The van der Waals surface area contributed by atoms with Crippen molar-refractivity contribution in [2.24, 2.45) is 41.4 Å². The third-order valence-corrected chi connectivity index (χ3v) is 16.3. The molecule has 15 atom stereocenters. The predicted molar refractivity (Wildman–Crippen MR) is 294 cm³/mol. The maximum absolute atomic E-state index is 14.6. The molecule has 0 aromatic rings. The Balaban J connectivity index is 1.68. The molecule has 450 valence electrons. The minimum absolute atomic E-state index is 0.0395. The molecule has 3 heterocycles. The highest BCUT2D eigenvalue weighted by molar-refractivity contribution is 6.39. The number of amides is 1. The lowest BCUT2D eigenvalue weighted by Gasteiger charge is -2.43. The Labute approximate surface area is 469 Å². The Hall–Kier alpha value is -3.57. The van der Waals surface area contributed by atoms with E-state index in [0.29, 0.717) is 63.4 Å². The lowest BCUT2D eigenvalue weighted by molar-refractivity contribution is -0.266. The van der Waals surface area contributed by atoms with Gasteiger partial charge in [-0.15, -0.1) is 0 Å².